The molecular formula is C25H23ClN2O3. The fourth-order valence-corrected chi connectivity index (χ4v) is 3.84. The summed E-state index contributed by atoms with van der Waals surface area (Å²) >= 11 is 6.23. The van der Waals surface area contributed by atoms with Gasteiger partial charge in [-0.15, -0.1) is 0 Å². The van der Waals surface area contributed by atoms with Gasteiger partial charge in [-0.1, -0.05) is 35.9 Å². The standard InChI is InChI=1S/C25H23ClN2O3/c1-15-4-9-22-21(12-15)28-24(31-22)13-18-5-7-19(8-6-18)27-23(29)14-30-25-17(3)10-16(2)11-20(25)26/h4-12H,13-14H2,1-3H3,(H,27,29). The van der Waals surface area contributed by atoms with Crippen LogP contribution in [0.25, 0.3) is 11.1 Å². The number of aromatic nitrogens is 1. The summed E-state index contributed by atoms with van der Waals surface area (Å²) in [5, 5.41) is 3.34. The molecule has 3 aromatic carbocycles. The third kappa shape index (κ3) is 5.06. The summed E-state index contributed by atoms with van der Waals surface area (Å²) in [6.07, 6.45) is 0.580. The Kier molecular flexibility index (Phi) is 5.96. The van der Waals surface area contributed by atoms with Crippen LogP contribution in [0.3, 0.4) is 0 Å². The Morgan fingerprint density at radius 1 is 1.03 bits per heavy atom. The van der Waals surface area contributed by atoms with Gasteiger partial charge in [0.15, 0.2) is 18.1 Å². The molecule has 0 aliphatic heterocycles. The second-order valence-corrected chi connectivity index (χ2v) is 8.09. The first-order valence-electron chi connectivity index (χ1n) is 10.0. The molecule has 6 heteroatoms. The van der Waals surface area contributed by atoms with Crippen LogP contribution in [0, 0.1) is 20.8 Å². The zero-order valence-electron chi connectivity index (χ0n) is 17.7. The van der Waals surface area contributed by atoms with Gasteiger partial charge < -0.3 is 14.5 Å². The minimum Gasteiger partial charge on any atom is -0.482 e. The molecule has 4 rings (SSSR count). The van der Waals surface area contributed by atoms with Crippen molar-refractivity contribution in [3.63, 3.8) is 0 Å². The van der Waals surface area contributed by atoms with Crippen molar-refractivity contribution in [3.8, 4) is 5.75 Å². The highest BCUT2D eigenvalue weighted by Gasteiger charge is 2.11. The maximum Gasteiger partial charge on any atom is 0.262 e. The first-order valence-corrected chi connectivity index (χ1v) is 10.4. The van der Waals surface area contributed by atoms with Crippen LogP contribution < -0.4 is 10.1 Å². The fraction of sp³-hybridized carbons (Fsp3) is 0.200. The predicted molar refractivity (Wildman–Crippen MR) is 123 cm³/mol. The lowest BCUT2D eigenvalue weighted by molar-refractivity contribution is -0.118. The van der Waals surface area contributed by atoms with Gasteiger partial charge in [0.1, 0.15) is 11.3 Å². The van der Waals surface area contributed by atoms with Gasteiger partial charge in [-0.3, -0.25) is 4.79 Å². The molecule has 1 N–H and O–H groups in total. The number of benzene rings is 3. The molecule has 0 saturated heterocycles. The van der Waals surface area contributed by atoms with E-state index in [0.717, 1.165) is 33.4 Å². The number of rotatable bonds is 6. The Balaban J connectivity index is 1.35. The van der Waals surface area contributed by atoms with Gasteiger partial charge in [0.2, 0.25) is 0 Å². The molecule has 31 heavy (non-hydrogen) atoms. The lowest BCUT2D eigenvalue weighted by atomic mass is 10.1. The van der Waals surface area contributed by atoms with Crippen LogP contribution in [-0.2, 0) is 11.2 Å². The molecule has 1 amide bonds. The number of aryl methyl sites for hydroxylation is 3. The van der Waals surface area contributed by atoms with E-state index in [0.29, 0.717) is 28.8 Å². The smallest absolute Gasteiger partial charge is 0.262 e. The van der Waals surface area contributed by atoms with Crippen molar-refractivity contribution in [2.45, 2.75) is 27.2 Å². The van der Waals surface area contributed by atoms with E-state index in [9.17, 15) is 4.79 Å². The van der Waals surface area contributed by atoms with Crippen LogP contribution in [0.1, 0.15) is 28.1 Å². The highest BCUT2D eigenvalue weighted by atomic mass is 35.5. The van der Waals surface area contributed by atoms with Gasteiger partial charge in [-0.25, -0.2) is 4.98 Å². The lowest BCUT2D eigenvalue weighted by Crippen LogP contribution is -2.20. The lowest BCUT2D eigenvalue weighted by Gasteiger charge is -2.12. The van der Waals surface area contributed by atoms with Crippen molar-refractivity contribution >= 4 is 34.3 Å². The molecule has 5 nitrogen and oxygen atoms in total. The highest BCUT2D eigenvalue weighted by molar-refractivity contribution is 6.32. The quantitative estimate of drug-likeness (QED) is 0.403. The topological polar surface area (TPSA) is 64.4 Å². The van der Waals surface area contributed by atoms with Crippen LogP contribution in [0.2, 0.25) is 5.02 Å². The molecule has 0 unspecified atom stereocenters. The molecular weight excluding hydrogens is 412 g/mol. The zero-order chi connectivity index (χ0) is 22.0. The fourth-order valence-electron chi connectivity index (χ4n) is 3.46. The van der Waals surface area contributed by atoms with E-state index in [1.54, 1.807) is 0 Å². The van der Waals surface area contributed by atoms with Crippen molar-refractivity contribution in [1.29, 1.82) is 0 Å². The molecule has 0 saturated carbocycles. The summed E-state index contributed by atoms with van der Waals surface area (Å²) in [7, 11) is 0. The number of nitrogens with zero attached hydrogens (tertiary/aromatic N) is 1. The second-order valence-electron chi connectivity index (χ2n) is 7.68. The molecule has 0 atom stereocenters. The SMILES string of the molecule is Cc1cc(C)c(OCC(=O)Nc2ccc(Cc3nc4cc(C)ccc4o3)cc2)c(Cl)c1. The monoisotopic (exact) mass is 434 g/mol. The molecule has 1 aromatic heterocycles. The van der Waals surface area contributed by atoms with Crippen molar-refractivity contribution in [3.05, 3.63) is 87.8 Å². The summed E-state index contributed by atoms with van der Waals surface area (Å²) in [5.41, 5.74) is 6.48. The van der Waals surface area contributed by atoms with Crippen LogP contribution in [0.15, 0.2) is 59.0 Å². The summed E-state index contributed by atoms with van der Waals surface area (Å²) < 4.78 is 11.4. The Morgan fingerprint density at radius 2 is 1.81 bits per heavy atom. The number of carbonyl (C=O) groups is 1. The number of ether oxygens (including phenoxy) is 1. The van der Waals surface area contributed by atoms with Crippen molar-refractivity contribution in [1.82, 2.24) is 4.98 Å². The van der Waals surface area contributed by atoms with E-state index in [1.807, 2.05) is 75.4 Å². The van der Waals surface area contributed by atoms with E-state index in [2.05, 4.69) is 10.3 Å². The minimum atomic E-state index is -0.252. The van der Waals surface area contributed by atoms with Crippen molar-refractivity contribution in [2.75, 3.05) is 11.9 Å². The molecule has 0 aliphatic carbocycles. The van der Waals surface area contributed by atoms with Gasteiger partial charge in [-0.05, 0) is 73.4 Å². The van der Waals surface area contributed by atoms with E-state index >= 15 is 0 Å². The van der Waals surface area contributed by atoms with Gasteiger partial charge in [0.05, 0.1) is 5.02 Å². The number of amides is 1. The number of hydrogen-bond donors (Lipinski definition) is 1. The third-order valence-corrected chi connectivity index (χ3v) is 5.18. The number of anilines is 1. The summed E-state index contributed by atoms with van der Waals surface area (Å²) in [6, 6.07) is 17.3. The van der Waals surface area contributed by atoms with Crippen molar-refractivity contribution in [2.24, 2.45) is 0 Å². The van der Waals surface area contributed by atoms with Crippen LogP contribution in [-0.4, -0.2) is 17.5 Å². The Hall–Kier alpha value is -3.31. The van der Waals surface area contributed by atoms with Crippen LogP contribution in [0.4, 0.5) is 5.69 Å². The summed E-state index contributed by atoms with van der Waals surface area (Å²) in [6.45, 7) is 5.78. The number of fused-ring (bicyclic) bond motifs is 1. The van der Waals surface area contributed by atoms with Gasteiger partial charge in [0, 0.05) is 12.1 Å². The molecule has 0 aliphatic rings. The number of halogens is 1. The summed E-state index contributed by atoms with van der Waals surface area (Å²) in [4.78, 5) is 16.8. The third-order valence-electron chi connectivity index (χ3n) is 4.90. The van der Waals surface area contributed by atoms with Gasteiger partial charge in [-0.2, -0.15) is 0 Å². The van der Waals surface area contributed by atoms with Crippen molar-refractivity contribution < 1.29 is 13.9 Å². The maximum absolute atomic E-state index is 12.3. The van der Waals surface area contributed by atoms with E-state index in [4.69, 9.17) is 20.8 Å². The minimum absolute atomic E-state index is 0.117. The number of nitrogens with one attached hydrogen (secondary N) is 1. The van der Waals surface area contributed by atoms with Gasteiger partial charge in [0.25, 0.3) is 5.91 Å². The van der Waals surface area contributed by atoms with E-state index < -0.39 is 0 Å². The maximum atomic E-state index is 12.3. The average molecular weight is 435 g/mol. The molecule has 0 fully saturated rings. The van der Waals surface area contributed by atoms with Crippen LogP contribution >= 0.6 is 11.6 Å². The Labute approximate surface area is 186 Å². The first-order chi connectivity index (χ1) is 14.9. The highest BCUT2D eigenvalue weighted by Crippen LogP contribution is 2.29. The largest absolute Gasteiger partial charge is 0.482 e. The summed E-state index contributed by atoms with van der Waals surface area (Å²) in [5.74, 6) is 0.945. The van der Waals surface area contributed by atoms with E-state index in [1.165, 1.54) is 0 Å². The normalized spacial score (nSPS) is 11.0. The first kappa shape index (κ1) is 20.9. The number of carbonyl (C=O) groups excluding carboxylic acids is 1. The molecule has 4 aromatic rings. The van der Waals surface area contributed by atoms with Gasteiger partial charge >= 0.3 is 0 Å². The average Bonchev–Trinajstić information content (AvgIpc) is 3.10. The molecule has 0 bridgehead atoms. The van der Waals surface area contributed by atoms with Crippen LogP contribution in [0.5, 0.6) is 5.75 Å². The second kappa shape index (κ2) is 8.82. The molecule has 158 valence electrons. The molecule has 0 radical (unpaired) electrons. The zero-order valence-corrected chi connectivity index (χ0v) is 18.4. The van der Waals surface area contributed by atoms with E-state index in [-0.39, 0.29) is 12.5 Å². The predicted octanol–water partition coefficient (Wildman–Crippen LogP) is 6.01. The number of oxazole rings is 1. The molecule has 1 heterocycles. The Bertz CT molecular complexity index is 1220. The number of hydrogen-bond acceptors (Lipinski definition) is 4. The Morgan fingerprint density at radius 3 is 2.55 bits per heavy atom. The molecule has 0 spiro atoms.